The van der Waals surface area contributed by atoms with Crippen LogP contribution in [0, 0.1) is 13.8 Å². The van der Waals surface area contributed by atoms with Gasteiger partial charge in [-0.2, -0.15) is 0 Å². The number of nitrogens with zero attached hydrogens (tertiary/aromatic N) is 4. The molecule has 0 bridgehead atoms. The molecule has 4 aromatic heterocycles. The minimum absolute atomic E-state index is 0.0302. The van der Waals surface area contributed by atoms with Crippen LogP contribution >= 0.6 is 23.1 Å². The lowest BCUT2D eigenvalue weighted by Gasteiger charge is -2.06. The smallest absolute Gasteiger partial charge is 0.262 e. The molecule has 0 aromatic carbocycles. The molecule has 0 fully saturated rings. The fourth-order valence-electron chi connectivity index (χ4n) is 3.62. The number of hydrogen-bond donors (Lipinski definition) is 0. The molecule has 0 amide bonds. The summed E-state index contributed by atoms with van der Waals surface area (Å²) in [5.41, 5.74) is 2.04. The van der Waals surface area contributed by atoms with Crippen LogP contribution < -0.4 is 5.56 Å². The van der Waals surface area contributed by atoms with E-state index >= 15 is 0 Å². The van der Waals surface area contributed by atoms with Crippen LogP contribution in [0.25, 0.3) is 21.7 Å². The van der Waals surface area contributed by atoms with E-state index in [-0.39, 0.29) is 5.56 Å². The number of furan rings is 1. The van der Waals surface area contributed by atoms with E-state index in [4.69, 9.17) is 13.8 Å². The van der Waals surface area contributed by atoms with Gasteiger partial charge in [0.05, 0.1) is 16.7 Å². The Bertz CT molecular complexity index is 1260. The molecule has 144 valence electrons. The van der Waals surface area contributed by atoms with E-state index in [1.54, 1.807) is 23.0 Å². The number of thiophene rings is 1. The first-order valence-corrected chi connectivity index (χ1v) is 10.9. The number of fused-ring (bicyclic) bond motifs is 3. The molecule has 9 heteroatoms. The van der Waals surface area contributed by atoms with Gasteiger partial charge in [0.2, 0.25) is 5.89 Å². The monoisotopic (exact) mass is 414 g/mol. The molecule has 4 heterocycles. The van der Waals surface area contributed by atoms with E-state index in [0.717, 1.165) is 46.6 Å². The van der Waals surface area contributed by atoms with Crippen LogP contribution in [0.1, 0.15) is 34.3 Å². The maximum absolute atomic E-state index is 12.9. The van der Waals surface area contributed by atoms with Crippen molar-refractivity contribution in [3.8, 4) is 11.5 Å². The summed E-state index contributed by atoms with van der Waals surface area (Å²) in [5.74, 6) is 2.93. The van der Waals surface area contributed by atoms with Gasteiger partial charge in [0.25, 0.3) is 11.4 Å². The zero-order valence-corrected chi connectivity index (χ0v) is 17.4. The molecule has 0 unspecified atom stereocenters. The first-order valence-electron chi connectivity index (χ1n) is 9.05. The fourth-order valence-corrected chi connectivity index (χ4v) is 5.74. The van der Waals surface area contributed by atoms with Crippen molar-refractivity contribution in [2.45, 2.75) is 44.0 Å². The van der Waals surface area contributed by atoms with Gasteiger partial charge in [-0.25, -0.2) is 4.98 Å². The molecular formula is C19H18N4O3S2. The predicted molar refractivity (Wildman–Crippen MR) is 108 cm³/mol. The summed E-state index contributed by atoms with van der Waals surface area (Å²) in [4.78, 5) is 19.8. The number of aromatic nitrogens is 4. The van der Waals surface area contributed by atoms with Gasteiger partial charge in [-0.15, -0.1) is 21.5 Å². The van der Waals surface area contributed by atoms with Crippen LogP contribution in [0.15, 0.2) is 24.9 Å². The minimum Gasteiger partial charge on any atom is -0.466 e. The summed E-state index contributed by atoms with van der Waals surface area (Å²) in [7, 11) is 1.77. The maximum atomic E-state index is 12.9. The van der Waals surface area contributed by atoms with Crippen LogP contribution in [0.2, 0.25) is 0 Å². The lowest BCUT2D eigenvalue weighted by molar-refractivity contribution is 0.499. The highest BCUT2D eigenvalue weighted by Gasteiger charge is 2.23. The van der Waals surface area contributed by atoms with Gasteiger partial charge >= 0.3 is 0 Å². The van der Waals surface area contributed by atoms with E-state index in [2.05, 4.69) is 10.2 Å². The van der Waals surface area contributed by atoms with Crippen molar-refractivity contribution < 1.29 is 8.83 Å². The summed E-state index contributed by atoms with van der Waals surface area (Å²) in [5, 5.41) is 9.70. The Hall–Kier alpha value is -2.39. The van der Waals surface area contributed by atoms with Crippen molar-refractivity contribution in [1.82, 2.24) is 19.7 Å². The van der Waals surface area contributed by atoms with Crippen LogP contribution in [-0.4, -0.2) is 19.7 Å². The minimum atomic E-state index is 0.0302. The van der Waals surface area contributed by atoms with Gasteiger partial charge in [0, 0.05) is 11.9 Å². The molecule has 0 aliphatic heterocycles. The Balaban J connectivity index is 1.42. The standard InChI is InChI=1S/C19H18N4O3S2/c1-9-7-12(10(2)25-9)16-22-21-14(26-16)8-27-19-20-17-15(18(24)23(19)3)11-5-4-6-13(11)28-17/h7H,4-6,8H2,1-3H3. The average Bonchev–Trinajstić information content (AvgIpc) is 3.40. The maximum Gasteiger partial charge on any atom is 0.262 e. The van der Waals surface area contributed by atoms with Crippen molar-refractivity contribution in [3.05, 3.63) is 44.3 Å². The Morgan fingerprint density at radius 3 is 2.89 bits per heavy atom. The zero-order valence-electron chi connectivity index (χ0n) is 15.7. The average molecular weight is 415 g/mol. The first-order chi connectivity index (χ1) is 13.5. The summed E-state index contributed by atoms with van der Waals surface area (Å²) in [6, 6.07) is 1.88. The summed E-state index contributed by atoms with van der Waals surface area (Å²) >= 11 is 3.08. The Morgan fingerprint density at radius 2 is 2.11 bits per heavy atom. The fraction of sp³-hybridized carbons (Fsp3) is 0.368. The SMILES string of the molecule is Cc1cc(-c2nnc(CSc3nc4sc5c(c4c(=O)n3C)CCC5)o2)c(C)o1. The molecule has 5 rings (SSSR count). The molecular weight excluding hydrogens is 396 g/mol. The third-order valence-corrected chi connectivity index (χ3v) is 7.17. The van der Waals surface area contributed by atoms with Crippen molar-refractivity contribution in [2.75, 3.05) is 0 Å². The third kappa shape index (κ3) is 2.80. The van der Waals surface area contributed by atoms with Crippen molar-refractivity contribution >= 4 is 33.3 Å². The molecule has 4 aromatic rings. The largest absolute Gasteiger partial charge is 0.466 e. The molecule has 0 atom stereocenters. The van der Waals surface area contributed by atoms with Gasteiger partial charge in [0.15, 0.2) is 5.16 Å². The number of aryl methyl sites for hydroxylation is 4. The Kier molecular flexibility index (Phi) is 4.17. The highest BCUT2D eigenvalue weighted by molar-refractivity contribution is 7.98. The van der Waals surface area contributed by atoms with Gasteiger partial charge in [-0.3, -0.25) is 9.36 Å². The predicted octanol–water partition coefficient (Wildman–Crippen LogP) is 4.04. The number of rotatable bonds is 4. The van der Waals surface area contributed by atoms with E-state index < -0.39 is 0 Å². The van der Waals surface area contributed by atoms with Gasteiger partial charge < -0.3 is 8.83 Å². The molecule has 0 saturated carbocycles. The van der Waals surface area contributed by atoms with Crippen molar-refractivity contribution in [1.29, 1.82) is 0 Å². The van der Waals surface area contributed by atoms with Gasteiger partial charge in [0.1, 0.15) is 16.4 Å². The highest BCUT2D eigenvalue weighted by Crippen LogP contribution is 2.35. The topological polar surface area (TPSA) is 87.0 Å². The molecule has 0 N–H and O–H groups in total. The lowest BCUT2D eigenvalue weighted by atomic mass is 10.2. The van der Waals surface area contributed by atoms with Crippen molar-refractivity contribution in [2.24, 2.45) is 7.05 Å². The third-order valence-electron chi connectivity index (χ3n) is 4.97. The summed E-state index contributed by atoms with van der Waals surface area (Å²) in [6.45, 7) is 3.75. The highest BCUT2D eigenvalue weighted by atomic mass is 32.2. The molecule has 0 saturated heterocycles. The molecule has 28 heavy (non-hydrogen) atoms. The molecule has 1 aliphatic carbocycles. The zero-order chi connectivity index (χ0) is 19.4. The van der Waals surface area contributed by atoms with E-state index in [1.807, 2.05) is 19.9 Å². The van der Waals surface area contributed by atoms with Crippen LogP contribution in [0.3, 0.4) is 0 Å². The summed E-state index contributed by atoms with van der Waals surface area (Å²) < 4.78 is 12.9. The lowest BCUT2D eigenvalue weighted by Crippen LogP contribution is -2.20. The van der Waals surface area contributed by atoms with E-state index in [0.29, 0.717) is 22.7 Å². The number of hydrogen-bond acceptors (Lipinski definition) is 8. The molecule has 7 nitrogen and oxygen atoms in total. The Morgan fingerprint density at radius 1 is 1.25 bits per heavy atom. The van der Waals surface area contributed by atoms with Crippen LogP contribution in [0.5, 0.6) is 0 Å². The van der Waals surface area contributed by atoms with Crippen molar-refractivity contribution in [3.63, 3.8) is 0 Å². The quantitative estimate of drug-likeness (QED) is 0.368. The summed E-state index contributed by atoms with van der Waals surface area (Å²) in [6.07, 6.45) is 3.17. The first kappa shape index (κ1) is 17.7. The van der Waals surface area contributed by atoms with Crippen LogP contribution in [-0.2, 0) is 25.6 Å². The number of thioether (sulfide) groups is 1. The molecule has 0 spiro atoms. The van der Waals surface area contributed by atoms with E-state index in [9.17, 15) is 4.79 Å². The second-order valence-corrected chi connectivity index (χ2v) is 8.94. The van der Waals surface area contributed by atoms with Gasteiger partial charge in [-0.1, -0.05) is 11.8 Å². The molecule has 0 radical (unpaired) electrons. The molecule has 1 aliphatic rings. The second kappa shape index (κ2) is 6.59. The second-order valence-electron chi connectivity index (χ2n) is 6.91. The normalized spacial score (nSPS) is 13.5. The van der Waals surface area contributed by atoms with E-state index in [1.165, 1.54) is 22.2 Å². The Labute approximate surface area is 168 Å². The van der Waals surface area contributed by atoms with Gasteiger partial charge in [-0.05, 0) is 44.7 Å². The van der Waals surface area contributed by atoms with Crippen LogP contribution in [0.4, 0.5) is 0 Å².